The number of nitrogens with zero attached hydrogens (tertiary/aromatic N) is 2. The van der Waals surface area contributed by atoms with Gasteiger partial charge in [-0.3, -0.25) is 14.5 Å². The van der Waals surface area contributed by atoms with Gasteiger partial charge in [0.15, 0.2) is 17.5 Å². The van der Waals surface area contributed by atoms with Gasteiger partial charge in [0.05, 0.1) is 24.9 Å². The van der Waals surface area contributed by atoms with Crippen LogP contribution in [0.15, 0.2) is 12.1 Å². The molecule has 0 spiro atoms. The first kappa shape index (κ1) is 25.4. The van der Waals surface area contributed by atoms with E-state index in [4.69, 9.17) is 4.74 Å². The number of benzene rings is 1. The zero-order valence-electron chi connectivity index (χ0n) is 18.4. The average Bonchev–Trinajstić information content (AvgIpc) is 3.02. The Bertz CT molecular complexity index is 838. The van der Waals surface area contributed by atoms with E-state index in [-0.39, 0.29) is 12.0 Å². The van der Waals surface area contributed by atoms with Crippen molar-refractivity contribution in [3.8, 4) is 0 Å². The summed E-state index contributed by atoms with van der Waals surface area (Å²) in [7, 11) is 0. The maximum Gasteiger partial charge on any atom is 0.409 e. The number of hydrogen-bond donors (Lipinski definition) is 2. The Balaban J connectivity index is 1.81. The zero-order chi connectivity index (χ0) is 23.8. The lowest BCUT2D eigenvalue weighted by Gasteiger charge is -2.26. The topological polar surface area (TPSA) is 91.0 Å². The zero-order valence-corrected chi connectivity index (χ0v) is 18.4. The summed E-state index contributed by atoms with van der Waals surface area (Å²) >= 11 is 0. The molecule has 3 amide bonds. The van der Waals surface area contributed by atoms with Crippen molar-refractivity contribution in [3.63, 3.8) is 0 Å². The first-order valence-corrected chi connectivity index (χ1v) is 10.5. The number of amides is 3. The summed E-state index contributed by atoms with van der Waals surface area (Å²) in [5.41, 5.74) is -0.520. The molecule has 32 heavy (non-hydrogen) atoms. The molecule has 178 valence electrons. The SMILES string of the molecule is CC(C)COC(=O)N1CCCN(C(C)C(=O)NCC(=O)Nc2ccc(F)c(F)c2F)CC1. The van der Waals surface area contributed by atoms with Crippen molar-refractivity contribution in [1.82, 2.24) is 15.1 Å². The van der Waals surface area contributed by atoms with Crippen molar-refractivity contribution in [2.75, 3.05) is 44.6 Å². The Kier molecular flexibility index (Phi) is 9.30. The molecule has 1 fully saturated rings. The second-order valence-electron chi connectivity index (χ2n) is 8.01. The van der Waals surface area contributed by atoms with E-state index in [0.717, 1.165) is 6.07 Å². The molecule has 1 aliphatic heterocycles. The van der Waals surface area contributed by atoms with Crippen molar-refractivity contribution in [2.45, 2.75) is 33.2 Å². The van der Waals surface area contributed by atoms with Crippen LogP contribution >= 0.6 is 0 Å². The van der Waals surface area contributed by atoms with Gasteiger partial charge in [-0.1, -0.05) is 13.8 Å². The summed E-state index contributed by atoms with van der Waals surface area (Å²) in [4.78, 5) is 40.1. The molecule has 2 N–H and O–H groups in total. The van der Waals surface area contributed by atoms with Gasteiger partial charge >= 0.3 is 6.09 Å². The smallest absolute Gasteiger partial charge is 0.409 e. The maximum absolute atomic E-state index is 13.6. The van der Waals surface area contributed by atoms with Crippen molar-refractivity contribution in [1.29, 1.82) is 0 Å². The standard InChI is InChI=1S/C21H29F3N4O4/c1-13(2)12-32-21(31)28-8-4-7-27(9-10-28)14(3)20(30)25-11-17(29)26-16-6-5-15(22)18(23)19(16)24/h5-6,13-14H,4,7-12H2,1-3H3,(H,25,30)(H,26,29). The highest BCUT2D eigenvalue weighted by Crippen LogP contribution is 2.19. The molecule has 0 saturated carbocycles. The first-order valence-electron chi connectivity index (χ1n) is 10.5. The lowest BCUT2D eigenvalue weighted by Crippen LogP contribution is -2.48. The van der Waals surface area contributed by atoms with Gasteiger partial charge in [0, 0.05) is 26.2 Å². The van der Waals surface area contributed by atoms with Crippen LogP contribution in [-0.4, -0.2) is 73.1 Å². The molecule has 2 rings (SSSR count). The van der Waals surface area contributed by atoms with Crippen LogP contribution in [0.4, 0.5) is 23.7 Å². The highest BCUT2D eigenvalue weighted by atomic mass is 19.2. The van der Waals surface area contributed by atoms with Gasteiger partial charge in [-0.15, -0.1) is 0 Å². The normalized spacial score (nSPS) is 15.8. The molecule has 1 aromatic carbocycles. The van der Waals surface area contributed by atoms with Crippen molar-refractivity contribution >= 4 is 23.6 Å². The summed E-state index contributed by atoms with van der Waals surface area (Å²) in [6.45, 7) is 7.41. The molecular weight excluding hydrogens is 429 g/mol. The number of carbonyl (C=O) groups is 3. The summed E-state index contributed by atoms with van der Waals surface area (Å²) in [6, 6.07) is 1.01. The molecule has 1 saturated heterocycles. The summed E-state index contributed by atoms with van der Waals surface area (Å²) in [5.74, 6) is -5.55. The van der Waals surface area contributed by atoms with Crippen LogP contribution in [0.25, 0.3) is 0 Å². The van der Waals surface area contributed by atoms with Crippen LogP contribution in [-0.2, 0) is 14.3 Å². The molecule has 1 aromatic rings. The Hall–Kier alpha value is -2.82. The fourth-order valence-corrected chi connectivity index (χ4v) is 3.13. The molecule has 1 aliphatic rings. The van der Waals surface area contributed by atoms with Gasteiger partial charge in [-0.05, 0) is 31.4 Å². The van der Waals surface area contributed by atoms with Gasteiger partial charge in [0.1, 0.15) is 0 Å². The summed E-state index contributed by atoms with van der Waals surface area (Å²) < 4.78 is 45.1. The highest BCUT2D eigenvalue weighted by molar-refractivity contribution is 5.95. The molecule has 8 nitrogen and oxygen atoms in total. The fourth-order valence-electron chi connectivity index (χ4n) is 3.13. The Labute approximate surface area is 185 Å². The summed E-state index contributed by atoms with van der Waals surface area (Å²) in [6.07, 6.45) is 0.281. The van der Waals surface area contributed by atoms with Crippen LogP contribution in [0, 0.1) is 23.4 Å². The minimum absolute atomic E-state index is 0.238. The van der Waals surface area contributed by atoms with E-state index in [2.05, 4.69) is 10.6 Å². The number of rotatable bonds is 7. The Morgan fingerprint density at radius 1 is 1.03 bits per heavy atom. The molecule has 0 aromatic heterocycles. The number of hydrogen-bond acceptors (Lipinski definition) is 5. The Morgan fingerprint density at radius 3 is 2.44 bits per heavy atom. The minimum Gasteiger partial charge on any atom is -0.449 e. The number of anilines is 1. The molecule has 1 unspecified atom stereocenters. The van der Waals surface area contributed by atoms with E-state index < -0.39 is 47.5 Å². The van der Waals surface area contributed by atoms with Gasteiger partial charge in [-0.25, -0.2) is 18.0 Å². The Morgan fingerprint density at radius 2 is 1.75 bits per heavy atom. The number of nitrogens with one attached hydrogen (secondary N) is 2. The lowest BCUT2D eigenvalue weighted by molar-refractivity contribution is -0.128. The van der Waals surface area contributed by atoms with E-state index in [1.807, 2.05) is 18.7 Å². The third-order valence-electron chi connectivity index (χ3n) is 4.99. The molecule has 0 radical (unpaired) electrons. The van der Waals surface area contributed by atoms with E-state index in [1.165, 1.54) is 0 Å². The van der Waals surface area contributed by atoms with Crippen LogP contribution in [0.1, 0.15) is 27.2 Å². The van der Waals surface area contributed by atoms with E-state index in [0.29, 0.717) is 45.3 Å². The average molecular weight is 458 g/mol. The van der Waals surface area contributed by atoms with Crippen LogP contribution in [0.2, 0.25) is 0 Å². The lowest BCUT2D eigenvalue weighted by atomic mass is 10.2. The van der Waals surface area contributed by atoms with Crippen molar-refractivity contribution in [3.05, 3.63) is 29.6 Å². The van der Waals surface area contributed by atoms with E-state index in [9.17, 15) is 27.6 Å². The van der Waals surface area contributed by atoms with E-state index in [1.54, 1.807) is 11.8 Å². The molecular formula is C21H29F3N4O4. The number of carbonyl (C=O) groups excluding carboxylic acids is 3. The monoisotopic (exact) mass is 458 g/mol. The van der Waals surface area contributed by atoms with Crippen LogP contribution < -0.4 is 10.6 Å². The number of halogens is 3. The van der Waals surface area contributed by atoms with Gasteiger partial charge in [-0.2, -0.15) is 0 Å². The molecule has 0 bridgehead atoms. The second-order valence-corrected chi connectivity index (χ2v) is 8.01. The minimum atomic E-state index is -1.69. The quantitative estimate of drug-likeness (QED) is 0.613. The predicted octanol–water partition coefficient (Wildman–Crippen LogP) is 2.35. The predicted molar refractivity (Wildman–Crippen MR) is 111 cm³/mol. The van der Waals surface area contributed by atoms with Gasteiger partial charge in [0.25, 0.3) is 0 Å². The van der Waals surface area contributed by atoms with Crippen LogP contribution in [0.5, 0.6) is 0 Å². The fraction of sp³-hybridized carbons (Fsp3) is 0.571. The molecule has 1 heterocycles. The third-order valence-corrected chi connectivity index (χ3v) is 4.99. The molecule has 0 aliphatic carbocycles. The van der Waals surface area contributed by atoms with Crippen molar-refractivity contribution in [2.24, 2.45) is 5.92 Å². The van der Waals surface area contributed by atoms with Crippen LogP contribution in [0.3, 0.4) is 0 Å². The first-order chi connectivity index (χ1) is 15.1. The molecule has 11 heteroatoms. The molecule has 1 atom stereocenters. The third kappa shape index (κ3) is 7.11. The van der Waals surface area contributed by atoms with E-state index >= 15 is 0 Å². The van der Waals surface area contributed by atoms with Crippen molar-refractivity contribution < 1.29 is 32.3 Å². The number of ether oxygens (including phenoxy) is 1. The highest BCUT2D eigenvalue weighted by Gasteiger charge is 2.26. The summed E-state index contributed by atoms with van der Waals surface area (Å²) in [5, 5.41) is 4.54. The second kappa shape index (κ2) is 11.7. The van der Waals surface area contributed by atoms with Gasteiger partial charge < -0.3 is 20.3 Å². The largest absolute Gasteiger partial charge is 0.449 e. The van der Waals surface area contributed by atoms with Gasteiger partial charge in [0.2, 0.25) is 11.8 Å². The maximum atomic E-state index is 13.6.